The maximum atomic E-state index is 13.0. The highest BCUT2D eigenvalue weighted by Crippen LogP contribution is 2.26. The predicted molar refractivity (Wildman–Crippen MR) is 299 cm³/mol. The van der Waals surface area contributed by atoms with E-state index >= 15 is 0 Å². The fraction of sp³-hybridized carbons (Fsp3) is 0.237. The zero-order chi connectivity index (χ0) is 55.5. The van der Waals surface area contributed by atoms with Gasteiger partial charge in [-0.2, -0.15) is 8.42 Å². The molecule has 0 aliphatic carbocycles. The molecule has 20 heteroatoms. The zero-order valence-corrected chi connectivity index (χ0v) is 44.0. The number of anilines is 2. The first kappa shape index (κ1) is 55.0. The Morgan fingerprint density at radius 2 is 1.04 bits per heavy atom. The molecule has 19 nitrogen and oxygen atoms in total. The van der Waals surface area contributed by atoms with Crippen molar-refractivity contribution in [3.05, 3.63) is 192 Å². The van der Waals surface area contributed by atoms with E-state index in [0.29, 0.717) is 66.3 Å². The lowest BCUT2D eigenvalue weighted by Gasteiger charge is -2.35. The van der Waals surface area contributed by atoms with Crippen molar-refractivity contribution in [2.24, 2.45) is 0 Å². The maximum Gasteiger partial charge on any atom is 0.414 e. The van der Waals surface area contributed by atoms with Crippen molar-refractivity contribution < 1.29 is 50.8 Å². The Bertz CT molecular complexity index is 3490. The van der Waals surface area contributed by atoms with Gasteiger partial charge in [0.1, 0.15) is 37.1 Å². The fourth-order valence-corrected chi connectivity index (χ4v) is 9.76. The number of hydrogen-bond acceptors (Lipinski definition) is 15. The Kier molecular flexibility index (Phi) is 17.5. The van der Waals surface area contributed by atoms with Gasteiger partial charge in [-0.3, -0.25) is 44.1 Å². The van der Waals surface area contributed by atoms with Crippen LogP contribution in [0.25, 0.3) is 21.5 Å². The molecule has 4 amide bonds. The van der Waals surface area contributed by atoms with E-state index in [0.717, 1.165) is 59.5 Å². The molecule has 3 saturated heterocycles. The molecule has 7 aromatic rings. The van der Waals surface area contributed by atoms with E-state index in [9.17, 15) is 32.4 Å². The summed E-state index contributed by atoms with van der Waals surface area (Å²) < 4.78 is 43.2. The normalized spacial score (nSPS) is 16.6. The number of hydrogen-bond donors (Lipinski definition) is 4. The van der Waals surface area contributed by atoms with Gasteiger partial charge in [0.25, 0.3) is 21.9 Å². The first-order valence-electron chi connectivity index (χ1n) is 25.6. The van der Waals surface area contributed by atoms with Gasteiger partial charge in [0.05, 0.1) is 25.8 Å². The number of piperazine rings is 1. The van der Waals surface area contributed by atoms with Crippen LogP contribution in [-0.2, 0) is 39.9 Å². The highest BCUT2D eigenvalue weighted by Gasteiger charge is 2.35. The van der Waals surface area contributed by atoms with Gasteiger partial charge in [0.15, 0.2) is 0 Å². The molecule has 0 radical (unpaired) electrons. The summed E-state index contributed by atoms with van der Waals surface area (Å²) in [7, 11) is -3.64. The molecule has 4 N–H and O–H groups in total. The molecule has 7 aromatic carbocycles. The van der Waals surface area contributed by atoms with Crippen LogP contribution in [0.4, 0.5) is 21.0 Å². The number of carbonyl (C=O) groups excluding carboxylic acids is 5. The van der Waals surface area contributed by atoms with E-state index in [-0.39, 0.29) is 42.8 Å². The van der Waals surface area contributed by atoms with Crippen molar-refractivity contribution in [2.45, 2.75) is 25.2 Å². The van der Waals surface area contributed by atoms with Crippen LogP contribution in [0, 0.1) is 10.8 Å². The van der Waals surface area contributed by atoms with Gasteiger partial charge < -0.3 is 29.7 Å². The Labute approximate surface area is 456 Å². The lowest BCUT2D eigenvalue weighted by atomic mass is 10.0. The number of amidine groups is 2. The van der Waals surface area contributed by atoms with Crippen LogP contribution < -0.4 is 20.4 Å². The average Bonchev–Trinajstić information content (AvgIpc) is 4.07. The van der Waals surface area contributed by atoms with E-state index in [1.165, 1.54) is 4.90 Å². The largest absolute Gasteiger partial charge is 0.461 e. The van der Waals surface area contributed by atoms with Gasteiger partial charge >= 0.3 is 18.2 Å². The van der Waals surface area contributed by atoms with Crippen LogP contribution in [0.2, 0.25) is 0 Å². The van der Waals surface area contributed by atoms with Crippen LogP contribution in [0.5, 0.6) is 0 Å². The Hall–Kier alpha value is -8.82. The van der Waals surface area contributed by atoms with Gasteiger partial charge in [0, 0.05) is 72.9 Å². The predicted octanol–water partition coefficient (Wildman–Crippen LogP) is 7.57. The number of rotatable bonds is 16. The van der Waals surface area contributed by atoms with Gasteiger partial charge in [0.2, 0.25) is 0 Å². The van der Waals surface area contributed by atoms with E-state index in [2.05, 4.69) is 20.4 Å². The smallest absolute Gasteiger partial charge is 0.414 e. The molecule has 0 bridgehead atoms. The van der Waals surface area contributed by atoms with Crippen molar-refractivity contribution in [3.63, 3.8) is 0 Å². The molecular formula is C59H58N8O11S. The third-order valence-electron chi connectivity index (χ3n) is 13.5. The number of cyclic esters (lactones) is 2. The highest BCUT2D eigenvalue weighted by atomic mass is 32.2. The van der Waals surface area contributed by atoms with E-state index < -0.39 is 34.3 Å². The summed E-state index contributed by atoms with van der Waals surface area (Å²) >= 11 is 0. The topological polar surface area (TPSA) is 241 Å². The molecule has 0 saturated carbocycles. The Balaban J connectivity index is 0.000000203. The van der Waals surface area contributed by atoms with Crippen LogP contribution in [0.3, 0.4) is 0 Å². The third-order valence-corrected chi connectivity index (χ3v) is 14.1. The van der Waals surface area contributed by atoms with E-state index in [4.69, 9.17) is 29.2 Å². The third kappa shape index (κ3) is 14.4. The van der Waals surface area contributed by atoms with Crippen molar-refractivity contribution in [2.75, 3.05) is 75.0 Å². The van der Waals surface area contributed by atoms with E-state index in [1.807, 2.05) is 97.1 Å². The maximum absolute atomic E-state index is 13.0. The molecule has 3 aliphatic rings. The minimum Gasteiger partial charge on any atom is -0.461 e. The summed E-state index contributed by atoms with van der Waals surface area (Å²) in [6.07, 6.45) is -0.713. The van der Waals surface area contributed by atoms with Gasteiger partial charge in [-0.05, 0) is 87.8 Å². The second-order valence-electron chi connectivity index (χ2n) is 19.1. The summed E-state index contributed by atoms with van der Waals surface area (Å²) in [4.78, 5) is 70.3. The van der Waals surface area contributed by atoms with Crippen molar-refractivity contribution >= 4 is 84.7 Å². The fourth-order valence-electron chi connectivity index (χ4n) is 9.36. The highest BCUT2D eigenvalue weighted by molar-refractivity contribution is 7.86. The second-order valence-corrected chi connectivity index (χ2v) is 20.7. The monoisotopic (exact) mass is 1090 g/mol. The number of fused-ring (bicyclic) bond motifs is 2. The number of amides is 4. The molecule has 3 heterocycles. The quantitative estimate of drug-likeness (QED) is 0.0240. The summed E-state index contributed by atoms with van der Waals surface area (Å²) in [6, 6.07) is 49.2. The van der Waals surface area contributed by atoms with Crippen LogP contribution in [0.1, 0.15) is 43.8 Å². The van der Waals surface area contributed by atoms with Crippen molar-refractivity contribution in [1.29, 1.82) is 10.8 Å². The van der Waals surface area contributed by atoms with Crippen LogP contribution >= 0.6 is 0 Å². The number of nitrogens with one attached hydrogen (secondary N) is 4. The molecule has 3 aliphatic heterocycles. The Morgan fingerprint density at radius 1 is 0.582 bits per heavy atom. The van der Waals surface area contributed by atoms with Crippen molar-refractivity contribution in [1.82, 2.24) is 20.4 Å². The molecule has 79 heavy (non-hydrogen) atoms. The van der Waals surface area contributed by atoms with Crippen LogP contribution in [-0.4, -0.2) is 137 Å². The molecule has 2 unspecified atom stereocenters. The summed E-state index contributed by atoms with van der Waals surface area (Å²) in [5, 5.41) is 25.5. The number of ether oxygens (including phenoxy) is 3. The molecule has 2 atom stereocenters. The van der Waals surface area contributed by atoms with Crippen molar-refractivity contribution in [3.8, 4) is 0 Å². The van der Waals surface area contributed by atoms with E-state index in [1.54, 1.807) is 71.6 Å². The molecule has 0 spiro atoms. The Morgan fingerprint density at radius 3 is 1.56 bits per heavy atom. The lowest BCUT2D eigenvalue weighted by molar-refractivity contribution is -0.145. The standard InChI is InChI=1S/C36H37N5O5.C23H21N3O6S/c37-34(38-35(43)32-12-6-10-27-9-4-5-11-31(27)32)28-13-15-29(16-14-28)41-24-30(46-36(41)44)23-40-21-19-39(20-22-40)18-17-33(42)45-25-26-7-2-1-3-8-26;1-33(29,30)31-14-18-13-26(23(28)32-18)17-11-9-16(10-12-17)21(24)25-22(27)20-8-4-6-15-5-2-3-7-19(15)20/h1-16,30H,17-25H2,(H2,37,38,43);2-12,18H,13-14H2,1H3,(H2,24,25,27). The summed E-state index contributed by atoms with van der Waals surface area (Å²) in [5.74, 6) is -1.03. The average molecular weight is 1090 g/mol. The zero-order valence-electron chi connectivity index (χ0n) is 43.2. The minimum absolute atomic E-state index is 0.0189. The molecular weight excluding hydrogens is 1030 g/mol. The minimum atomic E-state index is -3.64. The first-order valence-corrected chi connectivity index (χ1v) is 27.4. The van der Waals surface area contributed by atoms with Crippen LogP contribution in [0.15, 0.2) is 164 Å². The number of benzene rings is 7. The van der Waals surface area contributed by atoms with Gasteiger partial charge in [-0.25, -0.2) is 9.59 Å². The molecule has 10 rings (SSSR count). The van der Waals surface area contributed by atoms with Gasteiger partial charge in [-0.15, -0.1) is 0 Å². The first-order chi connectivity index (χ1) is 38.1. The number of esters is 1. The number of nitrogens with zero attached hydrogens (tertiary/aromatic N) is 4. The lowest BCUT2D eigenvalue weighted by Crippen LogP contribution is -2.49. The molecule has 406 valence electrons. The number of carbonyl (C=O) groups is 5. The van der Waals surface area contributed by atoms with Gasteiger partial charge in [-0.1, -0.05) is 103 Å². The molecule has 0 aromatic heterocycles. The summed E-state index contributed by atoms with van der Waals surface area (Å²) in [5.41, 5.74) is 4.13. The molecule has 3 fully saturated rings. The second kappa shape index (κ2) is 25.1. The SMILES string of the molecule is CS(=O)(=O)OCC1CN(c2ccc(C(=N)NC(=O)c3cccc4ccccc34)cc2)C(=O)O1.N=C(NC(=O)c1cccc2ccccc12)c1ccc(N2CC(CN3CCN(CCC(=O)OCc4ccccc4)CC3)OC2=O)cc1. The summed E-state index contributed by atoms with van der Waals surface area (Å²) in [6.45, 7) is 5.22.